The van der Waals surface area contributed by atoms with E-state index in [-0.39, 0.29) is 17.4 Å². The van der Waals surface area contributed by atoms with Crippen LogP contribution in [0, 0.1) is 0 Å². The molecule has 4 aromatic rings. The fourth-order valence-corrected chi connectivity index (χ4v) is 4.68. The van der Waals surface area contributed by atoms with Gasteiger partial charge in [0, 0.05) is 10.9 Å². The number of rotatable bonds is 6. The summed E-state index contributed by atoms with van der Waals surface area (Å²) in [6.07, 6.45) is -4.02. The smallest absolute Gasteiger partial charge is 0.325 e. The summed E-state index contributed by atoms with van der Waals surface area (Å²) in [6.45, 7) is 0. The van der Waals surface area contributed by atoms with Crippen molar-refractivity contribution in [2.24, 2.45) is 0 Å². The molecule has 4 heterocycles. The highest BCUT2D eigenvalue weighted by Crippen LogP contribution is 2.40. The first-order valence-corrected chi connectivity index (χ1v) is 12.2. The molecule has 174 valence electrons. The van der Waals surface area contributed by atoms with Gasteiger partial charge in [-0.25, -0.2) is 4.98 Å². The van der Waals surface area contributed by atoms with E-state index in [1.54, 1.807) is 0 Å². The highest BCUT2D eigenvalue weighted by molar-refractivity contribution is 7.51. The van der Waals surface area contributed by atoms with Gasteiger partial charge in [-0.05, 0) is 30.2 Å². The van der Waals surface area contributed by atoms with Gasteiger partial charge < -0.3 is 35.0 Å². The zero-order chi connectivity index (χ0) is 23.3. The van der Waals surface area contributed by atoms with E-state index in [0.29, 0.717) is 17.2 Å². The van der Waals surface area contributed by atoms with Crippen LogP contribution in [0.2, 0.25) is 5.28 Å². The lowest BCUT2D eigenvalue weighted by Crippen LogP contribution is -2.31. The number of para-hydroxylation sites is 1. The van der Waals surface area contributed by atoms with Crippen molar-refractivity contribution in [3.8, 4) is 0 Å². The highest BCUT2D eigenvalue weighted by atomic mass is 35.5. The Labute approximate surface area is 191 Å². The van der Waals surface area contributed by atoms with Gasteiger partial charge in [0.15, 0.2) is 23.2 Å². The molecule has 0 bridgehead atoms. The van der Waals surface area contributed by atoms with E-state index in [1.807, 2.05) is 30.3 Å². The number of aliphatic hydroxyl groups excluding tert-OH is 2. The Balaban J connectivity index is 1.45. The quantitative estimate of drug-likeness (QED) is 0.171. The predicted molar refractivity (Wildman–Crippen MR) is 119 cm³/mol. The van der Waals surface area contributed by atoms with E-state index in [1.165, 1.54) is 10.9 Å². The molecule has 0 saturated carbocycles. The number of hydrogen-bond donors (Lipinski definition) is 6. The summed E-state index contributed by atoms with van der Waals surface area (Å²) in [7, 11) is -4.28. The lowest BCUT2D eigenvalue weighted by atomic mass is 10.1. The van der Waals surface area contributed by atoms with Gasteiger partial charge in [0.2, 0.25) is 5.28 Å². The minimum absolute atomic E-state index is 0.0751. The first-order valence-electron chi connectivity index (χ1n) is 10.0. The predicted octanol–water partition coefficient (Wildman–Crippen LogP) is 1.89. The number of nitrogens with one attached hydrogen (secondary N) is 2. The van der Waals surface area contributed by atoms with Crippen LogP contribution in [0.5, 0.6) is 0 Å². The lowest BCUT2D eigenvalue weighted by molar-refractivity contribution is -0.0355. The Morgan fingerprint density at radius 2 is 2.00 bits per heavy atom. The third-order valence-electron chi connectivity index (χ3n) is 5.49. The summed E-state index contributed by atoms with van der Waals surface area (Å²) in [5.74, 6) is 0.980. The summed E-state index contributed by atoms with van der Waals surface area (Å²) < 4.78 is 18.3. The van der Waals surface area contributed by atoms with Crippen molar-refractivity contribution in [1.82, 2.24) is 24.5 Å². The number of aromatic nitrogens is 5. The second kappa shape index (κ2) is 8.33. The maximum Gasteiger partial charge on any atom is 0.325 e. The SMILES string of the molecule is O=P(O)(O)CCC1OC(n2cnc3c(Nc4cc5ccccc5[nH]4)nc(Cl)nc32)C(O)C1O. The lowest BCUT2D eigenvalue weighted by Gasteiger charge is -2.16. The normalized spacial score (nSPS) is 23.5. The summed E-state index contributed by atoms with van der Waals surface area (Å²) >= 11 is 6.15. The van der Waals surface area contributed by atoms with Gasteiger partial charge in [0.25, 0.3) is 0 Å². The standard InChI is InChI=1S/C19H20ClN6O6P/c20-19-24-16(23-12-7-9-3-1-2-4-10(9)22-12)13-17(25-19)26(8-21-13)18-15(28)14(27)11(32-18)5-6-33(29,30)31/h1-4,7-8,11,14-15,18,22,27-28H,5-6H2,(H,23,24,25)(H2,29,30,31). The third-order valence-corrected chi connectivity index (χ3v) is 6.50. The van der Waals surface area contributed by atoms with Crippen LogP contribution in [-0.2, 0) is 9.30 Å². The van der Waals surface area contributed by atoms with Crippen LogP contribution in [0.1, 0.15) is 12.6 Å². The molecule has 33 heavy (non-hydrogen) atoms. The van der Waals surface area contributed by atoms with Crippen LogP contribution in [0.15, 0.2) is 36.7 Å². The molecule has 0 aliphatic carbocycles. The van der Waals surface area contributed by atoms with Gasteiger partial charge in [-0.15, -0.1) is 0 Å². The van der Waals surface area contributed by atoms with Gasteiger partial charge in [-0.1, -0.05) is 18.2 Å². The zero-order valence-electron chi connectivity index (χ0n) is 16.9. The molecule has 1 aromatic carbocycles. The molecule has 6 N–H and O–H groups in total. The molecule has 5 rings (SSSR count). The van der Waals surface area contributed by atoms with Crippen molar-refractivity contribution >= 4 is 52.9 Å². The second-order valence-corrected chi connectivity index (χ2v) is 9.90. The van der Waals surface area contributed by atoms with Gasteiger partial charge in [-0.3, -0.25) is 9.13 Å². The average Bonchev–Trinajstić information content (AvgIpc) is 3.42. The van der Waals surface area contributed by atoms with Crippen molar-refractivity contribution in [3.05, 3.63) is 41.9 Å². The highest BCUT2D eigenvalue weighted by Gasteiger charge is 2.44. The van der Waals surface area contributed by atoms with E-state index in [2.05, 4.69) is 25.3 Å². The largest absolute Gasteiger partial charge is 0.388 e. The number of aliphatic hydroxyl groups is 2. The number of benzene rings is 1. The Morgan fingerprint density at radius 3 is 2.76 bits per heavy atom. The summed E-state index contributed by atoms with van der Waals surface area (Å²) in [5, 5.41) is 24.9. The van der Waals surface area contributed by atoms with Crippen LogP contribution in [0.25, 0.3) is 22.1 Å². The molecule has 12 nitrogen and oxygen atoms in total. The fourth-order valence-electron chi connectivity index (χ4n) is 3.92. The van der Waals surface area contributed by atoms with E-state index >= 15 is 0 Å². The second-order valence-electron chi connectivity index (χ2n) is 7.78. The summed E-state index contributed by atoms with van der Waals surface area (Å²) in [5.41, 5.74) is 1.53. The summed E-state index contributed by atoms with van der Waals surface area (Å²) in [4.78, 5) is 34.2. The molecule has 0 amide bonds. The molecule has 14 heteroatoms. The van der Waals surface area contributed by atoms with Gasteiger partial charge in [0.1, 0.15) is 18.0 Å². The number of nitrogens with zero attached hydrogens (tertiary/aromatic N) is 4. The number of halogens is 1. The molecule has 1 aliphatic heterocycles. The van der Waals surface area contributed by atoms with E-state index in [0.717, 1.165) is 10.9 Å². The fraction of sp³-hybridized carbons (Fsp3) is 0.316. The van der Waals surface area contributed by atoms with Gasteiger partial charge in [0.05, 0.1) is 18.6 Å². The topological polar surface area (TPSA) is 179 Å². The van der Waals surface area contributed by atoms with Gasteiger partial charge >= 0.3 is 7.60 Å². The van der Waals surface area contributed by atoms with Crippen molar-refractivity contribution < 1.29 is 29.3 Å². The van der Waals surface area contributed by atoms with Crippen LogP contribution in [0.3, 0.4) is 0 Å². The van der Waals surface area contributed by atoms with E-state index < -0.39 is 38.3 Å². The maximum absolute atomic E-state index is 11.2. The molecule has 1 aliphatic rings. The van der Waals surface area contributed by atoms with Crippen molar-refractivity contribution in [2.75, 3.05) is 11.5 Å². The van der Waals surface area contributed by atoms with Crippen LogP contribution < -0.4 is 5.32 Å². The summed E-state index contributed by atoms with van der Waals surface area (Å²) in [6, 6.07) is 9.64. The van der Waals surface area contributed by atoms with Crippen LogP contribution in [0.4, 0.5) is 11.6 Å². The molecule has 0 radical (unpaired) electrons. The molecule has 4 atom stereocenters. The number of H-pyrrole nitrogens is 1. The minimum atomic E-state index is -4.28. The first-order chi connectivity index (χ1) is 15.7. The van der Waals surface area contributed by atoms with E-state index in [4.69, 9.17) is 26.1 Å². The number of anilines is 2. The molecule has 3 aromatic heterocycles. The van der Waals surface area contributed by atoms with Crippen molar-refractivity contribution in [2.45, 2.75) is 31.0 Å². The van der Waals surface area contributed by atoms with Gasteiger partial charge in [-0.2, -0.15) is 9.97 Å². The molecule has 1 saturated heterocycles. The number of hydrogen-bond acceptors (Lipinski definition) is 8. The minimum Gasteiger partial charge on any atom is -0.388 e. The van der Waals surface area contributed by atoms with Crippen molar-refractivity contribution in [1.29, 1.82) is 0 Å². The Kier molecular flexibility index (Phi) is 5.61. The van der Waals surface area contributed by atoms with Crippen LogP contribution in [-0.4, -0.2) is 69.0 Å². The Bertz CT molecular complexity index is 1340. The Hall–Kier alpha value is -2.57. The van der Waals surface area contributed by atoms with Crippen LogP contribution >= 0.6 is 19.2 Å². The van der Waals surface area contributed by atoms with E-state index in [9.17, 15) is 14.8 Å². The third kappa shape index (κ3) is 4.34. The molecule has 4 unspecified atom stereocenters. The monoisotopic (exact) mass is 494 g/mol. The first kappa shape index (κ1) is 22.2. The number of imidazole rings is 1. The molecule has 0 spiro atoms. The molecule has 1 fully saturated rings. The number of aromatic amines is 1. The maximum atomic E-state index is 11.2. The zero-order valence-corrected chi connectivity index (χ0v) is 18.6. The number of ether oxygens (including phenoxy) is 1. The Morgan fingerprint density at radius 1 is 1.21 bits per heavy atom. The van der Waals surface area contributed by atoms with Crippen molar-refractivity contribution in [3.63, 3.8) is 0 Å². The average molecular weight is 495 g/mol. The molecular weight excluding hydrogens is 475 g/mol. The molecular formula is C19H20ClN6O6P. The number of fused-ring (bicyclic) bond motifs is 2.